The maximum atomic E-state index is 11.7. The van der Waals surface area contributed by atoms with Gasteiger partial charge in [0.1, 0.15) is 17.0 Å². The van der Waals surface area contributed by atoms with Gasteiger partial charge < -0.3 is 4.74 Å². The van der Waals surface area contributed by atoms with Crippen molar-refractivity contribution < 1.29 is 8.95 Å². The Hall–Kier alpha value is -1.82. The van der Waals surface area contributed by atoms with Gasteiger partial charge in [0.05, 0.1) is 18.9 Å². The van der Waals surface area contributed by atoms with Gasteiger partial charge in [-0.15, -0.1) is 0 Å². The molecule has 0 aliphatic carbocycles. The fourth-order valence-corrected chi connectivity index (χ4v) is 2.59. The molecule has 6 heteroatoms. The molecule has 0 N–H and O–H groups in total. The second-order valence-corrected chi connectivity index (χ2v) is 9.08. The van der Waals surface area contributed by atoms with Crippen LogP contribution in [0.3, 0.4) is 0 Å². The van der Waals surface area contributed by atoms with E-state index in [0.29, 0.717) is 12.2 Å². The van der Waals surface area contributed by atoms with Gasteiger partial charge in [-0.3, -0.25) is 4.68 Å². The summed E-state index contributed by atoms with van der Waals surface area (Å²) in [7, 11) is -2.16. The molecule has 5 nitrogen and oxygen atoms in total. The molecule has 0 saturated carbocycles. The second kappa shape index (κ2) is 6.12. The SMILES string of the molecule is CC(C)(C)Oc1cccc(Cn2cc(N=S(C)(C)=O)cn2)c1. The molecule has 0 saturated heterocycles. The maximum absolute atomic E-state index is 11.7. The summed E-state index contributed by atoms with van der Waals surface area (Å²) in [5.74, 6) is 0.840. The smallest absolute Gasteiger partial charge is 0.120 e. The molecule has 0 aliphatic heterocycles. The normalized spacial score (nSPS) is 12.2. The van der Waals surface area contributed by atoms with Crippen molar-refractivity contribution in [2.24, 2.45) is 4.36 Å². The first kappa shape index (κ1) is 16.5. The fraction of sp³-hybridized carbons (Fsp3) is 0.438. The van der Waals surface area contributed by atoms with Crippen LogP contribution in [-0.2, 0) is 16.3 Å². The van der Waals surface area contributed by atoms with Gasteiger partial charge in [-0.25, -0.2) is 4.21 Å². The third-order valence-electron chi connectivity index (χ3n) is 2.61. The summed E-state index contributed by atoms with van der Waals surface area (Å²) in [5, 5.41) is 4.26. The molecule has 1 aromatic heterocycles. The van der Waals surface area contributed by atoms with Crippen LogP contribution < -0.4 is 4.74 Å². The molecule has 22 heavy (non-hydrogen) atoms. The molecule has 0 atom stereocenters. The van der Waals surface area contributed by atoms with E-state index in [0.717, 1.165) is 11.3 Å². The number of ether oxygens (including phenoxy) is 1. The quantitative estimate of drug-likeness (QED) is 0.866. The number of benzene rings is 1. The zero-order chi connectivity index (χ0) is 16.4. The van der Waals surface area contributed by atoms with Crippen LogP contribution in [0, 0.1) is 0 Å². The van der Waals surface area contributed by atoms with Crippen LogP contribution in [0.15, 0.2) is 41.0 Å². The Morgan fingerprint density at radius 3 is 2.68 bits per heavy atom. The van der Waals surface area contributed by atoms with E-state index in [-0.39, 0.29) is 5.60 Å². The molecule has 0 amide bonds. The van der Waals surface area contributed by atoms with Crippen molar-refractivity contribution in [1.82, 2.24) is 9.78 Å². The Morgan fingerprint density at radius 1 is 1.32 bits per heavy atom. The lowest BCUT2D eigenvalue weighted by Gasteiger charge is -2.21. The molecule has 0 aliphatic rings. The van der Waals surface area contributed by atoms with Crippen LogP contribution >= 0.6 is 0 Å². The minimum absolute atomic E-state index is 0.223. The van der Waals surface area contributed by atoms with Gasteiger partial charge in [0.2, 0.25) is 0 Å². The number of nitrogens with zero attached hydrogens (tertiary/aromatic N) is 3. The molecule has 0 spiro atoms. The van der Waals surface area contributed by atoms with Crippen molar-refractivity contribution in [3.05, 3.63) is 42.2 Å². The Morgan fingerprint density at radius 2 is 2.05 bits per heavy atom. The molecule has 120 valence electrons. The van der Waals surface area contributed by atoms with Crippen molar-refractivity contribution in [3.63, 3.8) is 0 Å². The molecule has 1 heterocycles. The predicted octanol–water partition coefficient (Wildman–Crippen LogP) is 3.47. The summed E-state index contributed by atoms with van der Waals surface area (Å²) in [6, 6.07) is 7.95. The summed E-state index contributed by atoms with van der Waals surface area (Å²) in [5.41, 5.74) is 1.50. The van der Waals surface area contributed by atoms with E-state index in [1.54, 1.807) is 29.6 Å². The van der Waals surface area contributed by atoms with Crippen LogP contribution in [0.1, 0.15) is 26.3 Å². The average Bonchev–Trinajstić information content (AvgIpc) is 2.72. The summed E-state index contributed by atoms with van der Waals surface area (Å²) >= 11 is 0. The van der Waals surface area contributed by atoms with E-state index in [4.69, 9.17) is 4.74 Å². The van der Waals surface area contributed by atoms with Crippen molar-refractivity contribution in [3.8, 4) is 5.75 Å². The standard InChI is InChI=1S/C16H23N3O2S/c1-16(2,3)21-15-8-6-7-13(9-15)11-19-12-14(10-17-19)18-22(4,5)20/h6-10,12H,11H2,1-5H3. The molecule has 0 fully saturated rings. The lowest BCUT2D eigenvalue weighted by atomic mass is 10.1. The lowest BCUT2D eigenvalue weighted by Crippen LogP contribution is -2.23. The molecule has 0 unspecified atom stereocenters. The van der Waals surface area contributed by atoms with Crippen molar-refractivity contribution in [1.29, 1.82) is 0 Å². The third kappa shape index (κ3) is 5.52. The van der Waals surface area contributed by atoms with Gasteiger partial charge >= 0.3 is 0 Å². The second-order valence-electron chi connectivity index (χ2n) is 6.53. The van der Waals surface area contributed by atoms with Crippen LogP contribution in [0.4, 0.5) is 5.69 Å². The van der Waals surface area contributed by atoms with E-state index in [2.05, 4.69) is 9.46 Å². The number of hydrogen-bond acceptors (Lipinski definition) is 4. The zero-order valence-electron chi connectivity index (χ0n) is 13.7. The Labute approximate surface area is 132 Å². The molecular weight excluding hydrogens is 298 g/mol. The summed E-state index contributed by atoms with van der Waals surface area (Å²) in [4.78, 5) is 0. The maximum Gasteiger partial charge on any atom is 0.120 e. The van der Waals surface area contributed by atoms with Gasteiger partial charge in [-0.05, 0) is 38.5 Å². The predicted molar refractivity (Wildman–Crippen MR) is 90.2 cm³/mol. The summed E-state index contributed by atoms with van der Waals surface area (Å²) in [6.07, 6.45) is 6.64. The number of aromatic nitrogens is 2. The van der Waals surface area contributed by atoms with E-state index < -0.39 is 9.73 Å². The van der Waals surface area contributed by atoms with Crippen molar-refractivity contribution in [2.75, 3.05) is 12.5 Å². The van der Waals surface area contributed by atoms with Gasteiger partial charge in [0.25, 0.3) is 0 Å². The molecular formula is C16H23N3O2S. The Bertz CT molecular complexity index is 758. The topological polar surface area (TPSA) is 56.5 Å². The highest BCUT2D eigenvalue weighted by atomic mass is 32.2. The number of rotatable bonds is 4. The molecule has 2 rings (SSSR count). The van der Waals surface area contributed by atoms with Crippen molar-refractivity contribution in [2.45, 2.75) is 32.9 Å². The van der Waals surface area contributed by atoms with E-state index >= 15 is 0 Å². The van der Waals surface area contributed by atoms with Gasteiger partial charge in [0, 0.05) is 22.2 Å². The highest BCUT2D eigenvalue weighted by molar-refractivity contribution is 7.92. The number of hydrogen-bond donors (Lipinski definition) is 0. The van der Waals surface area contributed by atoms with Gasteiger partial charge in [-0.2, -0.15) is 9.46 Å². The Kier molecular flexibility index (Phi) is 4.60. The monoisotopic (exact) mass is 321 g/mol. The van der Waals surface area contributed by atoms with Gasteiger partial charge in [-0.1, -0.05) is 12.1 Å². The highest BCUT2D eigenvalue weighted by Crippen LogP contribution is 2.20. The first-order valence-corrected chi connectivity index (χ1v) is 9.41. The average molecular weight is 321 g/mol. The van der Waals surface area contributed by atoms with E-state index in [1.165, 1.54) is 0 Å². The zero-order valence-corrected chi connectivity index (χ0v) is 14.6. The Balaban J connectivity index is 2.15. The lowest BCUT2D eigenvalue weighted by molar-refractivity contribution is 0.131. The van der Waals surface area contributed by atoms with Gasteiger partial charge in [0.15, 0.2) is 0 Å². The molecule has 2 aromatic rings. The highest BCUT2D eigenvalue weighted by Gasteiger charge is 2.11. The molecule has 0 radical (unpaired) electrons. The minimum Gasteiger partial charge on any atom is -0.488 e. The molecule has 1 aromatic carbocycles. The van der Waals surface area contributed by atoms with Crippen molar-refractivity contribution >= 4 is 15.4 Å². The van der Waals surface area contributed by atoms with E-state index in [9.17, 15) is 4.21 Å². The summed E-state index contributed by atoms with van der Waals surface area (Å²) < 4.78 is 23.5. The molecule has 0 bridgehead atoms. The van der Waals surface area contributed by atoms with E-state index in [1.807, 2.05) is 45.0 Å². The van der Waals surface area contributed by atoms with Crippen LogP contribution in [0.25, 0.3) is 0 Å². The van der Waals surface area contributed by atoms with Crippen LogP contribution in [0.5, 0.6) is 5.75 Å². The largest absolute Gasteiger partial charge is 0.488 e. The first-order chi connectivity index (χ1) is 10.1. The third-order valence-corrected chi connectivity index (χ3v) is 3.26. The summed E-state index contributed by atoms with van der Waals surface area (Å²) in [6.45, 7) is 6.68. The first-order valence-electron chi connectivity index (χ1n) is 7.08. The fourth-order valence-electron chi connectivity index (χ4n) is 1.99. The van der Waals surface area contributed by atoms with Crippen LogP contribution in [-0.4, -0.2) is 32.1 Å². The van der Waals surface area contributed by atoms with Crippen LogP contribution in [0.2, 0.25) is 0 Å². The minimum atomic E-state index is -2.16.